The van der Waals surface area contributed by atoms with Gasteiger partial charge >= 0.3 is 11.8 Å². The number of rotatable bonds is 8. The van der Waals surface area contributed by atoms with E-state index in [4.69, 9.17) is 32.7 Å². The van der Waals surface area contributed by atoms with Crippen molar-refractivity contribution in [2.45, 2.75) is 6.92 Å². The lowest BCUT2D eigenvalue weighted by molar-refractivity contribution is -0.136. The first-order valence-electron chi connectivity index (χ1n) is 10.6. The van der Waals surface area contributed by atoms with E-state index in [0.717, 1.165) is 5.56 Å². The van der Waals surface area contributed by atoms with Crippen molar-refractivity contribution in [3.63, 3.8) is 0 Å². The van der Waals surface area contributed by atoms with Crippen molar-refractivity contribution in [1.82, 2.24) is 5.43 Å². The normalized spacial score (nSPS) is 10.6. The Kier molecular flexibility index (Phi) is 10.1. The van der Waals surface area contributed by atoms with Crippen LogP contribution in [-0.4, -0.2) is 37.7 Å². The molecule has 0 fully saturated rings. The first kappa shape index (κ1) is 28.2. The molecular formula is C25H21Cl2IN4O5. The molecule has 0 aliphatic heterocycles. The molecule has 0 aromatic heterocycles. The van der Waals surface area contributed by atoms with Gasteiger partial charge in [-0.3, -0.25) is 14.4 Å². The highest BCUT2D eigenvalue weighted by Crippen LogP contribution is 2.33. The SMILES string of the molecule is COc1cc(/C=N\NC(=O)C(=O)Nc2cccc(Cl)c2)cc(I)c1OCC(=O)Nc1cc(Cl)ccc1C. The molecule has 0 saturated carbocycles. The lowest BCUT2D eigenvalue weighted by Crippen LogP contribution is -2.32. The first-order valence-corrected chi connectivity index (χ1v) is 12.5. The summed E-state index contributed by atoms with van der Waals surface area (Å²) >= 11 is 13.9. The second kappa shape index (κ2) is 13.3. The van der Waals surface area contributed by atoms with Gasteiger partial charge in [-0.25, -0.2) is 5.43 Å². The Morgan fingerprint density at radius 1 is 1.00 bits per heavy atom. The Bertz CT molecular complexity index is 1370. The van der Waals surface area contributed by atoms with E-state index in [1.54, 1.807) is 48.5 Å². The number of anilines is 2. The average Bonchev–Trinajstić information content (AvgIpc) is 2.85. The molecular weight excluding hydrogens is 634 g/mol. The van der Waals surface area contributed by atoms with E-state index in [2.05, 4.69) is 21.2 Å². The minimum atomic E-state index is -0.959. The number of nitrogens with one attached hydrogen (secondary N) is 3. The molecule has 0 heterocycles. The number of hydrazone groups is 1. The summed E-state index contributed by atoms with van der Waals surface area (Å²) < 4.78 is 11.7. The third kappa shape index (κ3) is 8.34. The summed E-state index contributed by atoms with van der Waals surface area (Å²) in [5.41, 5.74) is 4.55. The predicted octanol–water partition coefficient (Wildman–Crippen LogP) is 5.02. The number of carbonyl (C=O) groups is 3. The molecule has 0 saturated heterocycles. The van der Waals surface area contributed by atoms with Gasteiger partial charge in [-0.15, -0.1) is 0 Å². The number of carbonyl (C=O) groups excluding carboxylic acids is 3. The van der Waals surface area contributed by atoms with Crippen LogP contribution in [0.4, 0.5) is 11.4 Å². The number of hydrogen-bond donors (Lipinski definition) is 3. The lowest BCUT2D eigenvalue weighted by atomic mass is 10.2. The summed E-state index contributed by atoms with van der Waals surface area (Å²) in [4.78, 5) is 36.4. The molecule has 0 unspecified atom stereocenters. The Labute approximate surface area is 236 Å². The Hall–Kier alpha value is -3.35. The van der Waals surface area contributed by atoms with Gasteiger partial charge in [-0.2, -0.15) is 5.10 Å². The van der Waals surface area contributed by atoms with Crippen LogP contribution in [0.5, 0.6) is 11.5 Å². The Morgan fingerprint density at radius 3 is 2.49 bits per heavy atom. The zero-order valence-corrected chi connectivity index (χ0v) is 23.3. The molecule has 192 valence electrons. The molecule has 3 aromatic carbocycles. The monoisotopic (exact) mass is 654 g/mol. The maximum absolute atomic E-state index is 12.4. The number of ether oxygens (including phenoxy) is 2. The fourth-order valence-corrected chi connectivity index (χ4v) is 4.12. The molecule has 3 N–H and O–H groups in total. The minimum Gasteiger partial charge on any atom is -0.493 e. The molecule has 0 aliphatic rings. The first-order chi connectivity index (χ1) is 17.7. The van der Waals surface area contributed by atoms with Gasteiger partial charge in [0.05, 0.1) is 16.9 Å². The second-order valence-corrected chi connectivity index (χ2v) is 9.53. The molecule has 0 radical (unpaired) electrons. The maximum Gasteiger partial charge on any atom is 0.329 e. The fourth-order valence-electron chi connectivity index (χ4n) is 2.98. The highest BCUT2D eigenvalue weighted by Gasteiger charge is 2.15. The minimum absolute atomic E-state index is 0.260. The van der Waals surface area contributed by atoms with E-state index in [1.807, 2.05) is 29.5 Å². The van der Waals surface area contributed by atoms with Gasteiger partial charge in [0.1, 0.15) is 0 Å². The van der Waals surface area contributed by atoms with Crippen molar-refractivity contribution in [3.05, 3.63) is 79.3 Å². The van der Waals surface area contributed by atoms with E-state index in [-0.39, 0.29) is 12.5 Å². The van der Waals surface area contributed by atoms with Gasteiger partial charge in [0.25, 0.3) is 5.91 Å². The van der Waals surface area contributed by atoms with E-state index < -0.39 is 11.8 Å². The highest BCUT2D eigenvalue weighted by molar-refractivity contribution is 14.1. The lowest BCUT2D eigenvalue weighted by Gasteiger charge is -2.14. The molecule has 12 heteroatoms. The highest BCUT2D eigenvalue weighted by atomic mass is 127. The van der Waals surface area contributed by atoms with Gasteiger partial charge in [-0.1, -0.05) is 35.3 Å². The molecule has 0 bridgehead atoms. The van der Waals surface area contributed by atoms with Crippen LogP contribution in [0.25, 0.3) is 0 Å². The third-order valence-electron chi connectivity index (χ3n) is 4.74. The van der Waals surface area contributed by atoms with Crippen LogP contribution < -0.4 is 25.5 Å². The summed E-state index contributed by atoms with van der Waals surface area (Å²) in [7, 11) is 1.45. The molecule has 9 nitrogen and oxygen atoms in total. The van der Waals surface area contributed by atoms with E-state index in [1.165, 1.54) is 19.4 Å². The number of hydrogen-bond acceptors (Lipinski definition) is 6. The van der Waals surface area contributed by atoms with Crippen molar-refractivity contribution in [2.75, 3.05) is 24.4 Å². The van der Waals surface area contributed by atoms with Crippen molar-refractivity contribution in [2.24, 2.45) is 5.10 Å². The Balaban J connectivity index is 1.59. The van der Waals surface area contributed by atoms with Crippen LogP contribution in [0.2, 0.25) is 10.0 Å². The van der Waals surface area contributed by atoms with E-state index in [9.17, 15) is 14.4 Å². The van der Waals surface area contributed by atoms with Crippen molar-refractivity contribution >= 4 is 81.1 Å². The number of halogens is 3. The van der Waals surface area contributed by atoms with Gasteiger partial charge in [0.2, 0.25) is 0 Å². The van der Waals surface area contributed by atoms with Gasteiger partial charge in [-0.05, 0) is 83.1 Å². The number of amides is 3. The molecule has 3 amide bonds. The van der Waals surface area contributed by atoms with E-state index in [0.29, 0.717) is 42.1 Å². The zero-order valence-electron chi connectivity index (χ0n) is 19.6. The number of methoxy groups -OCH3 is 1. The van der Waals surface area contributed by atoms with Crippen LogP contribution in [-0.2, 0) is 14.4 Å². The van der Waals surface area contributed by atoms with Crippen molar-refractivity contribution in [1.29, 1.82) is 0 Å². The van der Waals surface area contributed by atoms with Crippen LogP contribution in [0.1, 0.15) is 11.1 Å². The summed E-state index contributed by atoms with van der Waals surface area (Å²) in [5.74, 6) is -1.51. The standard InChI is InChI=1S/C25H21Cl2IN4O5/c1-14-6-7-17(27)11-20(14)31-22(33)13-37-23-19(28)8-15(9-21(23)36-2)12-29-32-25(35)24(34)30-18-5-3-4-16(26)10-18/h3-12H,13H2,1-2H3,(H,30,34)(H,31,33)(H,32,35)/b29-12-. The predicted molar refractivity (Wildman–Crippen MR) is 152 cm³/mol. The molecule has 0 spiro atoms. The summed E-state index contributed by atoms with van der Waals surface area (Å²) in [6.45, 7) is 1.59. The van der Waals surface area contributed by atoms with Crippen molar-refractivity contribution < 1.29 is 23.9 Å². The van der Waals surface area contributed by atoms with Crippen LogP contribution >= 0.6 is 45.8 Å². The molecule has 37 heavy (non-hydrogen) atoms. The van der Waals surface area contributed by atoms with Crippen molar-refractivity contribution in [3.8, 4) is 11.5 Å². The molecule has 3 rings (SSSR count). The van der Waals surface area contributed by atoms with Crippen LogP contribution in [0.3, 0.4) is 0 Å². The zero-order chi connectivity index (χ0) is 26.9. The molecule has 0 aliphatic carbocycles. The largest absolute Gasteiger partial charge is 0.493 e. The number of benzene rings is 3. The quantitative estimate of drug-likeness (QED) is 0.136. The summed E-state index contributed by atoms with van der Waals surface area (Å²) in [6.07, 6.45) is 1.34. The molecule has 0 atom stereocenters. The average molecular weight is 655 g/mol. The molecule has 3 aromatic rings. The van der Waals surface area contributed by atoms with Crippen LogP contribution in [0, 0.1) is 10.5 Å². The summed E-state index contributed by atoms with van der Waals surface area (Å²) in [6, 6.07) is 14.9. The van der Waals surface area contributed by atoms with E-state index >= 15 is 0 Å². The number of nitrogens with zero attached hydrogens (tertiary/aromatic N) is 1. The maximum atomic E-state index is 12.4. The Morgan fingerprint density at radius 2 is 1.76 bits per heavy atom. The second-order valence-electron chi connectivity index (χ2n) is 7.49. The smallest absolute Gasteiger partial charge is 0.329 e. The van der Waals surface area contributed by atoms with Gasteiger partial charge in [0.15, 0.2) is 18.1 Å². The van der Waals surface area contributed by atoms with Gasteiger partial charge < -0.3 is 20.1 Å². The number of aryl methyl sites for hydroxylation is 1. The van der Waals surface area contributed by atoms with Gasteiger partial charge in [0, 0.05) is 21.4 Å². The van der Waals surface area contributed by atoms with Crippen LogP contribution in [0.15, 0.2) is 59.7 Å². The third-order valence-corrected chi connectivity index (χ3v) is 6.01. The topological polar surface area (TPSA) is 118 Å². The fraction of sp³-hybridized carbons (Fsp3) is 0.120. The summed E-state index contributed by atoms with van der Waals surface area (Å²) in [5, 5.41) is 9.93.